The van der Waals surface area contributed by atoms with Crippen molar-refractivity contribution in [1.29, 1.82) is 0 Å². The van der Waals surface area contributed by atoms with E-state index in [2.05, 4.69) is 34.5 Å². The number of fused-ring (bicyclic) bond motifs is 1. The number of halogens is 1. The normalized spacial score (nSPS) is 16.7. The van der Waals surface area contributed by atoms with Crippen molar-refractivity contribution in [2.24, 2.45) is 4.99 Å². The van der Waals surface area contributed by atoms with Gasteiger partial charge in [-0.2, -0.15) is 0 Å². The van der Waals surface area contributed by atoms with E-state index in [-0.39, 0.29) is 5.91 Å². The molecule has 0 bridgehead atoms. The number of carbonyl (C=O) groups is 1. The number of thioether (sulfide) groups is 1. The summed E-state index contributed by atoms with van der Waals surface area (Å²) in [6.45, 7) is 4.93. The minimum atomic E-state index is -0.168. The molecule has 0 saturated carbocycles. The summed E-state index contributed by atoms with van der Waals surface area (Å²) in [6.07, 6.45) is 3.63. The number of nitrogens with one attached hydrogen (secondary N) is 2. The minimum absolute atomic E-state index is 0.168. The zero-order chi connectivity index (χ0) is 21.1. The van der Waals surface area contributed by atoms with Crippen molar-refractivity contribution in [1.82, 2.24) is 15.6 Å². The first-order chi connectivity index (χ1) is 14.5. The number of amides is 1. The lowest BCUT2D eigenvalue weighted by molar-refractivity contribution is -0.115. The Bertz CT molecular complexity index is 1170. The molecule has 1 aliphatic rings. The second-order valence-electron chi connectivity index (χ2n) is 7.26. The van der Waals surface area contributed by atoms with Crippen LogP contribution >= 0.6 is 23.4 Å². The standard InChI is InChI=1S/C23H21ClN4OS/c1-14(2)26-13-16-5-7-18(24)20(11-16)27-23-28-22(29)21(30-23)12-15-6-8-19-17(10-15)4-3-9-25-19/h3-12,14,26H,13H2,1-2H3,(H,27,28,29)/b21-12+. The lowest BCUT2D eigenvalue weighted by Crippen LogP contribution is -2.21. The lowest BCUT2D eigenvalue weighted by atomic mass is 10.1. The van der Waals surface area contributed by atoms with Crippen molar-refractivity contribution >= 4 is 57.1 Å². The first-order valence-electron chi connectivity index (χ1n) is 9.64. The van der Waals surface area contributed by atoms with Gasteiger partial charge in [0.05, 0.1) is 21.1 Å². The van der Waals surface area contributed by atoms with Gasteiger partial charge < -0.3 is 10.6 Å². The van der Waals surface area contributed by atoms with Crippen LogP contribution in [0, 0.1) is 0 Å². The SMILES string of the molecule is CC(C)NCc1ccc(Cl)c(N=C2NC(=O)/C(=C\c3ccc4ncccc4c3)S2)c1. The van der Waals surface area contributed by atoms with E-state index in [0.29, 0.717) is 26.8 Å². The second-order valence-corrected chi connectivity index (χ2v) is 8.70. The Balaban J connectivity index is 1.56. The summed E-state index contributed by atoms with van der Waals surface area (Å²) in [5, 5.41) is 8.30. The maximum Gasteiger partial charge on any atom is 0.264 e. The van der Waals surface area contributed by atoms with Crippen molar-refractivity contribution in [2.75, 3.05) is 0 Å². The van der Waals surface area contributed by atoms with Crippen LogP contribution in [0.15, 0.2) is 64.6 Å². The molecule has 2 heterocycles. The van der Waals surface area contributed by atoms with Gasteiger partial charge in [0.25, 0.3) is 5.91 Å². The van der Waals surface area contributed by atoms with Crippen LogP contribution in [0.25, 0.3) is 17.0 Å². The fourth-order valence-electron chi connectivity index (χ4n) is 3.00. The second kappa shape index (κ2) is 9.00. The monoisotopic (exact) mass is 436 g/mol. The Labute approximate surface area is 184 Å². The number of hydrogen-bond acceptors (Lipinski definition) is 5. The molecule has 1 aliphatic heterocycles. The Morgan fingerprint density at radius 2 is 2.10 bits per heavy atom. The quantitative estimate of drug-likeness (QED) is 0.534. The van der Waals surface area contributed by atoms with Gasteiger partial charge in [-0.15, -0.1) is 0 Å². The molecule has 2 aromatic carbocycles. The lowest BCUT2D eigenvalue weighted by Gasteiger charge is -2.09. The molecule has 0 spiro atoms. The molecule has 3 aromatic rings. The van der Waals surface area contributed by atoms with Crippen LogP contribution in [-0.2, 0) is 11.3 Å². The van der Waals surface area contributed by atoms with Gasteiger partial charge in [0.1, 0.15) is 0 Å². The molecule has 2 N–H and O–H groups in total. The topological polar surface area (TPSA) is 66.4 Å². The molecule has 1 saturated heterocycles. The fourth-order valence-corrected chi connectivity index (χ4v) is 4.00. The summed E-state index contributed by atoms with van der Waals surface area (Å²) in [6, 6.07) is 16.0. The van der Waals surface area contributed by atoms with Gasteiger partial charge in [0.15, 0.2) is 5.17 Å². The molecule has 7 heteroatoms. The van der Waals surface area contributed by atoms with Gasteiger partial charge in [0.2, 0.25) is 0 Å². The number of benzene rings is 2. The van der Waals surface area contributed by atoms with Crippen LogP contribution in [-0.4, -0.2) is 22.1 Å². The average molecular weight is 437 g/mol. The highest BCUT2D eigenvalue weighted by Gasteiger charge is 2.24. The molecule has 152 valence electrons. The number of aliphatic imine (C=N–C) groups is 1. The number of pyridine rings is 1. The van der Waals surface area contributed by atoms with E-state index in [1.165, 1.54) is 11.8 Å². The summed E-state index contributed by atoms with van der Waals surface area (Å²) >= 11 is 7.63. The summed E-state index contributed by atoms with van der Waals surface area (Å²) in [5.74, 6) is -0.168. The van der Waals surface area contributed by atoms with Gasteiger partial charge in [-0.3, -0.25) is 9.78 Å². The van der Waals surface area contributed by atoms with Gasteiger partial charge >= 0.3 is 0 Å². The van der Waals surface area contributed by atoms with E-state index in [1.54, 1.807) is 6.20 Å². The zero-order valence-electron chi connectivity index (χ0n) is 16.6. The maximum atomic E-state index is 12.4. The van der Waals surface area contributed by atoms with E-state index in [9.17, 15) is 4.79 Å². The van der Waals surface area contributed by atoms with Crippen molar-refractivity contribution < 1.29 is 4.79 Å². The van der Waals surface area contributed by atoms with Crippen molar-refractivity contribution in [3.8, 4) is 0 Å². The molecule has 0 atom stereocenters. The first kappa shape index (κ1) is 20.6. The van der Waals surface area contributed by atoms with E-state index in [4.69, 9.17) is 11.6 Å². The smallest absolute Gasteiger partial charge is 0.264 e. The number of aromatic nitrogens is 1. The Morgan fingerprint density at radius 1 is 1.23 bits per heavy atom. The summed E-state index contributed by atoms with van der Waals surface area (Å²) in [4.78, 5) is 21.9. The largest absolute Gasteiger partial charge is 0.310 e. The molecular weight excluding hydrogens is 416 g/mol. The first-order valence-corrected chi connectivity index (χ1v) is 10.8. The molecule has 0 aliphatic carbocycles. The fraction of sp³-hybridized carbons (Fsp3) is 0.174. The summed E-state index contributed by atoms with van der Waals surface area (Å²) in [7, 11) is 0. The molecule has 0 unspecified atom stereocenters. The molecule has 1 amide bonds. The van der Waals surface area contributed by atoms with Crippen LogP contribution in [0.3, 0.4) is 0 Å². The van der Waals surface area contributed by atoms with Gasteiger partial charge in [-0.05, 0) is 59.3 Å². The predicted octanol–water partition coefficient (Wildman–Crippen LogP) is 5.28. The van der Waals surface area contributed by atoms with E-state index < -0.39 is 0 Å². The summed E-state index contributed by atoms with van der Waals surface area (Å²) in [5.41, 5.74) is 3.59. The highest BCUT2D eigenvalue weighted by Crippen LogP contribution is 2.32. The third-order valence-electron chi connectivity index (χ3n) is 4.52. The number of rotatable bonds is 5. The number of nitrogens with zero attached hydrogens (tertiary/aromatic N) is 2. The van der Waals surface area contributed by atoms with Gasteiger partial charge in [-0.1, -0.05) is 43.6 Å². The van der Waals surface area contributed by atoms with Crippen molar-refractivity contribution in [3.05, 3.63) is 75.8 Å². The average Bonchev–Trinajstić information content (AvgIpc) is 3.07. The minimum Gasteiger partial charge on any atom is -0.310 e. The molecule has 4 rings (SSSR count). The maximum absolute atomic E-state index is 12.4. The van der Waals surface area contributed by atoms with Gasteiger partial charge in [0, 0.05) is 24.2 Å². The van der Waals surface area contributed by atoms with Gasteiger partial charge in [-0.25, -0.2) is 4.99 Å². The van der Waals surface area contributed by atoms with E-state index >= 15 is 0 Å². The number of carbonyl (C=O) groups excluding carboxylic acids is 1. The van der Waals surface area contributed by atoms with E-state index in [1.807, 2.05) is 54.6 Å². The Hall–Kier alpha value is -2.67. The van der Waals surface area contributed by atoms with Crippen LogP contribution in [0.4, 0.5) is 5.69 Å². The Morgan fingerprint density at radius 3 is 2.93 bits per heavy atom. The van der Waals surface area contributed by atoms with Crippen LogP contribution in [0.5, 0.6) is 0 Å². The Kier molecular flexibility index (Phi) is 6.18. The molecular formula is C23H21ClN4OS. The molecule has 1 aromatic heterocycles. The third kappa shape index (κ3) is 4.90. The highest BCUT2D eigenvalue weighted by atomic mass is 35.5. The molecule has 0 radical (unpaired) electrons. The number of amidine groups is 1. The predicted molar refractivity (Wildman–Crippen MR) is 126 cm³/mol. The molecule has 30 heavy (non-hydrogen) atoms. The van der Waals surface area contributed by atoms with E-state index in [0.717, 1.165) is 28.6 Å². The van der Waals surface area contributed by atoms with Crippen molar-refractivity contribution in [3.63, 3.8) is 0 Å². The molecule has 5 nitrogen and oxygen atoms in total. The van der Waals surface area contributed by atoms with Crippen LogP contribution < -0.4 is 10.6 Å². The summed E-state index contributed by atoms with van der Waals surface area (Å²) < 4.78 is 0. The zero-order valence-corrected chi connectivity index (χ0v) is 18.2. The molecule has 1 fully saturated rings. The number of hydrogen-bond donors (Lipinski definition) is 2. The third-order valence-corrected chi connectivity index (χ3v) is 5.75. The van der Waals surface area contributed by atoms with Crippen LogP contribution in [0.1, 0.15) is 25.0 Å². The highest BCUT2D eigenvalue weighted by molar-refractivity contribution is 8.18. The van der Waals surface area contributed by atoms with Crippen molar-refractivity contribution in [2.45, 2.75) is 26.4 Å². The van der Waals surface area contributed by atoms with Crippen LogP contribution in [0.2, 0.25) is 5.02 Å².